The Bertz CT molecular complexity index is 528. The molecule has 2 N–H and O–H groups in total. The van der Waals surface area contributed by atoms with Crippen LogP contribution in [0.25, 0.3) is 0 Å². The largest absolute Gasteiger partial charge is 0.370 e. The van der Waals surface area contributed by atoms with Crippen LogP contribution in [-0.4, -0.2) is 23.5 Å². The highest BCUT2D eigenvalue weighted by atomic mass is 16.1. The molecule has 0 aliphatic heterocycles. The molecule has 0 saturated heterocycles. The number of nitrogens with one attached hydrogen (secondary N) is 2. The molecule has 0 aromatic carbocycles. The van der Waals surface area contributed by atoms with Crippen molar-refractivity contribution in [1.82, 2.24) is 10.3 Å². The number of fused-ring (bicyclic) bond motifs is 5. The van der Waals surface area contributed by atoms with Crippen molar-refractivity contribution in [2.45, 2.75) is 32.2 Å². The summed E-state index contributed by atoms with van der Waals surface area (Å²) in [5, 5.41) is 6.39. The van der Waals surface area contributed by atoms with Crippen molar-refractivity contribution >= 4 is 11.7 Å². The van der Waals surface area contributed by atoms with Gasteiger partial charge >= 0.3 is 0 Å². The van der Waals surface area contributed by atoms with Gasteiger partial charge in [0.15, 0.2) is 0 Å². The zero-order valence-corrected chi connectivity index (χ0v) is 11.8. The molecular formula is C16H21N3O. The minimum absolute atomic E-state index is 0.0605. The number of hydrogen-bond acceptors (Lipinski definition) is 3. The Hall–Kier alpha value is -1.58. The first-order valence-corrected chi connectivity index (χ1v) is 7.78. The molecule has 4 atom stereocenters. The van der Waals surface area contributed by atoms with Crippen LogP contribution in [0.5, 0.6) is 0 Å². The van der Waals surface area contributed by atoms with Gasteiger partial charge in [0.1, 0.15) is 5.82 Å². The molecule has 1 heterocycles. The highest BCUT2D eigenvalue weighted by Gasteiger charge is 2.65. The minimum atomic E-state index is 0.0605. The van der Waals surface area contributed by atoms with Crippen molar-refractivity contribution < 1.29 is 4.79 Å². The average Bonchev–Trinajstić information content (AvgIpc) is 2.84. The third kappa shape index (κ3) is 1.81. The summed E-state index contributed by atoms with van der Waals surface area (Å²) < 4.78 is 0. The molecule has 1 amide bonds. The average molecular weight is 271 g/mol. The van der Waals surface area contributed by atoms with Gasteiger partial charge in [0.05, 0.1) is 0 Å². The third-order valence-electron chi connectivity index (χ3n) is 5.41. The van der Waals surface area contributed by atoms with Gasteiger partial charge < -0.3 is 10.6 Å². The number of rotatable bonds is 4. The second-order valence-electron chi connectivity index (χ2n) is 6.45. The van der Waals surface area contributed by atoms with Gasteiger partial charge in [-0.1, -0.05) is 0 Å². The maximum atomic E-state index is 12.3. The van der Waals surface area contributed by atoms with Gasteiger partial charge in [0.2, 0.25) is 0 Å². The van der Waals surface area contributed by atoms with E-state index < -0.39 is 0 Å². The number of pyridine rings is 1. The number of hydrogen-bond donors (Lipinski definition) is 2. The lowest BCUT2D eigenvalue weighted by Crippen LogP contribution is -2.30. The molecule has 3 aliphatic carbocycles. The summed E-state index contributed by atoms with van der Waals surface area (Å²) in [6.07, 6.45) is 5.89. The van der Waals surface area contributed by atoms with Crippen LogP contribution >= 0.6 is 0 Å². The molecule has 3 fully saturated rings. The molecule has 4 unspecified atom stereocenters. The topological polar surface area (TPSA) is 54.0 Å². The number of aromatic nitrogens is 1. The van der Waals surface area contributed by atoms with Crippen molar-refractivity contribution in [3.63, 3.8) is 0 Å². The molecule has 0 spiro atoms. The van der Waals surface area contributed by atoms with Crippen LogP contribution < -0.4 is 10.6 Å². The van der Waals surface area contributed by atoms with Crippen LogP contribution in [0.1, 0.15) is 36.5 Å². The number of carbonyl (C=O) groups is 1. The molecule has 1 aromatic rings. The molecule has 3 saturated carbocycles. The summed E-state index contributed by atoms with van der Waals surface area (Å²) in [5.74, 6) is 4.19. The second-order valence-corrected chi connectivity index (χ2v) is 6.45. The Balaban J connectivity index is 1.43. The molecule has 0 radical (unpaired) electrons. The zero-order chi connectivity index (χ0) is 13.7. The van der Waals surface area contributed by atoms with Crippen molar-refractivity contribution in [1.29, 1.82) is 0 Å². The van der Waals surface area contributed by atoms with E-state index in [4.69, 9.17) is 0 Å². The number of nitrogens with zero attached hydrogens (tertiary/aromatic N) is 1. The van der Waals surface area contributed by atoms with E-state index in [0.717, 1.165) is 36.0 Å². The van der Waals surface area contributed by atoms with Crippen LogP contribution in [0.4, 0.5) is 5.82 Å². The van der Waals surface area contributed by atoms with Gasteiger partial charge in [-0.25, -0.2) is 4.98 Å². The highest BCUT2D eigenvalue weighted by Crippen LogP contribution is 2.65. The van der Waals surface area contributed by atoms with Gasteiger partial charge in [-0.05, 0) is 62.0 Å². The number of carbonyl (C=O) groups excluding carboxylic acids is 1. The number of anilines is 1. The van der Waals surface area contributed by atoms with Crippen LogP contribution in [0.15, 0.2) is 18.3 Å². The Morgan fingerprint density at radius 1 is 1.35 bits per heavy atom. The number of amides is 1. The van der Waals surface area contributed by atoms with E-state index in [1.807, 2.05) is 13.0 Å². The first-order chi connectivity index (χ1) is 9.78. The van der Waals surface area contributed by atoms with Crippen molar-refractivity contribution in [3.8, 4) is 0 Å². The maximum Gasteiger partial charge on any atom is 0.251 e. The molecule has 4 heteroatoms. The summed E-state index contributed by atoms with van der Waals surface area (Å²) in [6, 6.07) is 4.08. The SMILES string of the molecule is CCNc1cc(C(=O)NC2C3C4CCC(C4)C23)ccn1. The Kier molecular flexibility index (Phi) is 2.72. The molecule has 20 heavy (non-hydrogen) atoms. The normalized spacial score (nSPS) is 36.5. The summed E-state index contributed by atoms with van der Waals surface area (Å²) in [5.41, 5.74) is 0.716. The predicted molar refractivity (Wildman–Crippen MR) is 77.5 cm³/mol. The van der Waals surface area contributed by atoms with E-state index in [2.05, 4.69) is 15.6 Å². The Morgan fingerprint density at radius 3 is 2.80 bits per heavy atom. The second kappa shape index (κ2) is 4.47. The van der Waals surface area contributed by atoms with Gasteiger partial charge in [-0.15, -0.1) is 0 Å². The van der Waals surface area contributed by atoms with Gasteiger partial charge in [-0.3, -0.25) is 4.79 Å². The van der Waals surface area contributed by atoms with Gasteiger partial charge in [-0.2, -0.15) is 0 Å². The van der Waals surface area contributed by atoms with Crippen molar-refractivity contribution in [3.05, 3.63) is 23.9 Å². The highest BCUT2D eigenvalue weighted by molar-refractivity contribution is 5.95. The predicted octanol–water partition coefficient (Wildman–Crippen LogP) is 2.29. The summed E-state index contributed by atoms with van der Waals surface area (Å²) >= 11 is 0. The van der Waals surface area contributed by atoms with Crippen molar-refractivity contribution in [2.75, 3.05) is 11.9 Å². The summed E-state index contributed by atoms with van der Waals surface area (Å²) in [6.45, 7) is 2.84. The third-order valence-corrected chi connectivity index (χ3v) is 5.41. The minimum Gasteiger partial charge on any atom is -0.370 e. The summed E-state index contributed by atoms with van der Waals surface area (Å²) in [4.78, 5) is 16.6. The Morgan fingerprint density at radius 2 is 2.10 bits per heavy atom. The monoisotopic (exact) mass is 271 g/mol. The van der Waals surface area contributed by atoms with Crippen LogP contribution in [0, 0.1) is 23.7 Å². The molecule has 3 aliphatic rings. The van der Waals surface area contributed by atoms with E-state index in [1.165, 1.54) is 19.3 Å². The summed E-state index contributed by atoms with van der Waals surface area (Å²) in [7, 11) is 0. The standard InChI is InChI=1S/C16H21N3O/c1-2-17-12-8-11(5-6-18-12)16(20)19-15-13-9-3-4-10(7-9)14(13)15/h5-6,8-10,13-15H,2-4,7H2,1H3,(H,17,18)(H,19,20). The molecular weight excluding hydrogens is 250 g/mol. The fourth-order valence-corrected chi connectivity index (χ4v) is 4.60. The molecule has 4 nitrogen and oxygen atoms in total. The van der Waals surface area contributed by atoms with Gasteiger partial charge in [0.25, 0.3) is 5.91 Å². The van der Waals surface area contributed by atoms with E-state index in [0.29, 0.717) is 11.6 Å². The van der Waals surface area contributed by atoms with Gasteiger partial charge in [0, 0.05) is 24.3 Å². The van der Waals surface area contributed by atoms with E-state index in [-0.39, 0.29) is 5.91 Å². The lowest BCUT2D eigenvalue weighted by molar-refractivity contribution is 0.0944. The van der Waals surface area contributed by atoms with E-state index >= 15 is 0 Å². The molecule has 106 valence electrons. The van der Waals surface area contributed by atoms with E-state index in [1.54, 1.807) is 12.3 Å². The first-order valence-electron chi connectivity index (χ1n) is 7.78. The lowest BCUT2D eigenvalue weighted by atomic mass is 10.0. The molecule has 1 aromatic heterocycles. The van der Waals surface area contributed by atoms with E-state index in [9.17, 15) is 4.79 Å². The molecule has 4 rings (SSSR count). The van der Waals surface area contributed by atoms with Crippen LogP contribution in [0.3, 0.4) is 0 Å². The van der Waals surface area contributed by atoms with Crippen LogP contribution in [0.2, 0.25) is 0 Å². The maximum absolute atomic E-state index is 12.3. The molecule has 2 bridgehead atoms. The smallest absolute Gasteiger partial charge is 0.251 e. The first kappa shape index (κ1) is 12.2. The Labute approximate surface area is 119 Å². The fraction of sp³-hybridized carbons (Fsp3) is 0.625. The fourth-order valence-electron chi connectivity index (χ4n) is 4.60. The lowest BCUT2D eigenvalue weighted by Gasteiger charge is -2.11. The zero-order valence-electron chi connectivity index (χ0n) is 11.8. The van der Waals surface area contributed by atoms with Crippen LogP contribution in [-0.2, 0) is 0 Å². The quantitative estimate of drug-likeness (QED) is 0.883. The van der Waals surface area contributed by atoms with Crippen molar-refractivity contribution in [2.24, 2.45) is 23.7 Å².